The van der Waals surface area contributed by atoms with Crippen molar-refractivity contribution in [1.82, 2.24) is 14.5 Å². The van der Waals surface area contributed by atoms with Crippen LogP contribution in [0, 0.1) is 0 Å². The van der Waals surface area contributed by atoms with Crippen molar-refractivity contribution in [3.05, 3.63) is 22.4 Å². The quantitative estimate of drug-likeness (QED) is 0.661. The molecule has 0 aliphatic rings. The summed E-state index contributed by atoms with van der Waals surface area (Å²) in [5, 5.41) is 3.05. The van der Waals surface area contributed by atoms with E-state index in [4.69, 9.17) is 0 Å². The zero-order valence-corrected chi connectivity index (χ0v) is 7.79. The average molecular weight is 169 g/mol. The molecule has 12 heavy (non-hydrogen) atoms. The predicted molar refractivity (Wildman–Crippen MR) is 48.3 cm³/mol. The van der Waals surface area contributed by atoms with Gasteiger partial charge in [-0.1, -0.05) is 0 Å². The largest absolute Gasteiger partial charge is 0.327 e. The Morgan fingerprint density at radius 1 is 1.50 bits per heavy atom. The van der Waals surface area contributed by atoms with E-state index in [-0.39, 0.29) is 5.69 Å². The van der Waals surface area contributed by atoms with Crippen LogP contribution in [0.1, 0.15) is 5.69 Å². The van der Waals surface area contributed by atoms with Crippen molar-refractivity contribution in [2.24, 2.45) is 14.1 Å². The van der Waals surface area contributed by atoms with Crippen LogP contribution in [0.15, 0.2) is 11.0 Å². The van der Waals surface area contributed by atoms with E-state index in [0.29, 0.717) is 0 Å². The number of imidazole rings is 1. The summed E-state index contributed by atoms with van der Waals surface area (Å²) in [7, 11) is 5.47. The molecule has 4 heteroatoms. The second-order valence-electron chi connectivity index (χ2n) is 2.93. The van der Waals surface area contributed by atoms with Crippen LogP contribution in [0.4, 0.5) is 0 Å². The molecule has 4 nitrogen and oxygen atoms in total. The maximum atomic E-state index is 11.3. The molecule has 0 aromatic carbocycles. The highest BCUT2D eigenvalue weighted by atomic mass is 16.1. The molecule has 0 radical (unpaired) electrons. The molecule has 0 aliphatic carbocycles. The number of rotatable bonds is 3. The average Bonchev–Trinajstić information content (AvgIpc) is 2.30. The summed E-state index contributed by atoms with van der Waals surface area (Å²) in [5.41, 5.74) is 1.11. The van der Waals surface area contributed by atoms with E-state index in [1.165, 1.54) is 0 Å². The summed E-state index contributed by atoms with van der Waals surface area (Å²) < 4.78 is 3.28. The third-order valence-electron chi connectivity index (χ3n) is 1.99. The molecule has 1 N–H and O–H groups in total. The van der Waals surface area contributed by atoms with Crippen LogP contribution in [0.25, 0.3) is 0 Å². The molecule has 0 aliphatic heterocycles. The van der Waals surface area contributed by atoms with Gasteiger partial charge in [-0.3, -0.25) is 4.57 Å². The maximum absolute atomic E-state index is 11.3. The Bertz CT molecular complexity index is 311. The molecular formula is C8H15N3O. The molecule has 0 unspecified atom stereocenters. The van der Waals surface area contributed by atoms with Gasteiger partial charge in [-0.05, 0) is 7.05 Å². The fourth-order valence-electron chi connectivity index (χ4n) is 1.21. The lowest BCUT2D eigenvalue weighted by atomic mass is 10.3. The lowest BCUT2D eigenvalue weighted by molar-refractivity contribution is 0.716. The van der Waals surface area contributed by atoms with Gasteiger partial charge in [-0.2, -0.15) is 0 Å². The molecule has 0 spiro atoms. The Morgan fingerprint density at radius 2 is 2.17 bits per heavy atom. The molecule has 0 atom stereocenters. The van der Waals surface area contributed by atoms with Gasteiger partial charge in [0.25, 0.3) is 0 Å². The van der Waals surface area contributed by atoms with E-state index in [1.54, 1.807) is 23.2 Å². The summed E-state index contributed by atoms with van der Waals surface area (Å²) in [6.07, 6.45) is 2.77. The van der Waals surface area contributed by atoms with E-state index in [1.807, 2.05) is 13.2 Å². The molecule has 0 bridgehead atoms. The van der Waals surface area contributed by atoms with Crippen LogP contribution in [-0.2, 0) is 20.5 Å². The monoisotopic (exact) mass is 169 g/mol. The Kier molecular flexibility index (Phi) is 2.70. The molecule has 0 amide bonds. The van der Waals surface area contributed by atoms with Crippen molar-refractivity contribution < 1.29 is 0 Å². The third kappa shape index (κ3) is 1.58. The van der Waals surface area contributed by atoms with Crippen molar-refractivity contribution >= 4 is 0 Å². The van der Waals surface area contributed by atoms with Crippen molar-refractivity contribution in [2.75, 3.05) is 13.6 Å². The SMILES string of the molecule is CNCCc1cn(C)c(=O)n1C. The predicted octanol–water partition coefficient (Wildman–Crippen LogP) is -0.514. The molecule has 1 heterocycles. The van der Waals surface area contributed by atoms with E-state index in [2.05, 4.69) is 5.32 Å². The minimum Gasteiger partial charge on any atom is -0.319 e. The van der Waals surface area contributed by atoms with Gasteiger partial charge in [0.05, 0.1) is 0 Å². The molecular weight excluding hydrogens is 154 g/mol. The van der Waals surface area contributed by atoms with Gasteiger partial charge in [-0.25, -0.2) is 4.79 Å². The summed E-state index contributed by atoms with van der Waals surface area (Å²) in [4.78, 5) is 11.3. The Balaban J connectivity index is 2.86. The van der Waals surface area contributed by atoms with Crippen LogP contribution in [0.5, 0.6) is 0 Å². The van der Waals surface area contributed by atoms with Crippen molar-refractivity contribution in [3.8, 4) is 0 Å². The maximum Gasteiger partial charge on any atom is 0.327 e. The number of nitrogens with one attached hydrogen (secondary N) is 1. The smallest absolute Gasteiger partial charge is 0.319 e. The zero-order valence-electron chi connectivity index (χ0n) is 7.79. The van der Waals surface area contributed by atoms with E-state index in [9.17, 15) is 4.79 Å². The molecule has 0 saturated heterocycles. The summed E-state index contributed by atoms with van der Waals surface area (Å²) in [6, 6.07) is 0. The summed E-state index contributed by atoms with van der Waals surface area (Å²) >= 11 is 0. The van der Waals surface area contributed by atoms with Crippen LogP contribution < -0.4 is 11.0 Å². The molecule has 68 valence electrons. The number of aryl methyl sites for hydroxylation is 1. The topological polar surface area (TPSA) is 39.0 Å². The minimum atomic E-state index is 0.0427. The Morgan fingerprint density at radius 3 is 2.58 bits per heavy atom. The van der Waals surface area contributed by atoms with Crippen molar-refractivity contribution in [2.45, 2.75) is 6.42 Å². The second kappa shape index (κ2) is 3.58. The van der Waals surface area contributed by atoms with E-state index >= 15 is 0 Å². The number of hydrogen-bond acceptors (Lipinski definition) is 2. The number of hydrogen-bond donors (Lipinski definition) is 1. The number of likely N-dealkylation sites (N-methyl/N-ethyl adjacent to an activating group) is 1. The van der Waals surface area contributed by atoms with Crippen LogP contribution in [0.2, 0.25) is 0 Å². The molecule has 1 aromatic heterocycles. The standard InChI is InChI=1S/C8H15N3O/c1-9-5-4-7-6-10(2)8(12)11(7)3/h6,9H,4-5H2,1-3H3. The van der Waals surface area contributed by atoms with Gasteiger partial charge in [0.2, 0.25) is 0 Å². The number of nitrogens with zero attached hydrogens (tertiary/aromatic N) is 2. The second-order valence-corrected chi connectivity index (χ2v) is 2.93. The van der Waals surface area contributed by atoms with Crippen LogP contribution in [0.3, 0.4) is 0 Å². The lowest BCUT2D eigenvalue weighted by Crippen LogP contribution is -2.21. The highest BCUT2D eigenvalue weighted by Gasteiger charge is 2.03. The molecule has 0 fully saturated rings. The first kappa shape index (κ1) is 9.06. The van der Waals surface area contributed by atoms with E-state index < -0.39 is 0 Å². The summed E-state index contributed by atoms with van der Waals surface area (Å²) in [5.74, 6) is 0. The van der Waals surface area contributed by atoms with Crippen LogP contribution in [-0.4, -0.2) is 22.7 Å². The molecule has 0 saturated carbocycles. The van der Waals surface area contributed by atoms with E-state index in [0.717, 1.165) is 18.7 Å². The lowest BCUT2D eigenvalue weighted by Gasteiger charge is -1.98. The van der Waals surface area contributed by atoms with Crippen LogP contribution >= 0.6 is 0 Å². The number of aromatic nitrogens is 2. The summed E-state index contributed by atoms with van der Waals surface area (Å²) in [6.45, 7) is 0.900. The fourth-order valence-corrected chi connectivity index (χ4v) is 1.21. The fraction of sp³-hybridized carbons (Fsp3) is 0.625. The minimum absolute atomic E-state index is 0.0427. The van der Waals surface area contributed by atoms with Gasteiger partial charge in [0, 0.05) is 39.0 Å². The van der Waals surface area contributed by atoms with Gasteiger partial charge in [-0.15, -0.1) is 0 Å². The highest BCUT2D eigenvalue weighted by Crippen LogP contribution is 1.94. The van der Waals surface area contributed by atoms with Gasteiger partial charge < -0.3 is 9.88 Å². The van der Waals surface area contributed by atoms with Gasteiger partial charge >= 0.3 is 5.69 Å². The van der Waals surface area contributed by atoms with Gasteiger partial charge in [0.1, 0.15) is 0 Å². The Hall–Kier alpha value is -1.03. The highest BCUT2D eigenvalue weighted by molar-refractivity contribution is 5.00. The van der Waals surface area contributed by atoms with Crippen molar-refractivity contribution in [3.63, 3.8) is 0 Å². The van der Waals surface area contributed by atoms with Gasteiger partial charge in [0.15, 0.2) is 0 Å². The molecule has 1 aromatic rings. The first-order valence-corrected chi connectivity index (χ1v) is 4.02. The normalized spacial score (nSPS) is 10.6. The Labute approximate surface area is 71.8 Å². The molecule has 1 rings (SSSR count). The third-order valence-corrected chi connectivity index (χ3v) is 1.99. The zero-order chi connectivity index (χ0) is 9.14. The first-order chi connectivity index (χ1) is 5.66. The first-order valence-electron chi connectivity index (χ1n) is 4.02. The van der Waals surface area contributed by atoms with Crippen molar-refractivity contribution in [1.29, 1.82) is 0 Å².